The molecule has 2 heterocycles. The molecule has 0 N–H and O–H groups in total. The average Bonchev–Trinajstić information content (AvgIpc) is 2.37. The zero-order valence-corrected chi connectivity index (χ0v) is 13.2. The second-order valence-electron chi connectivity index (χ2n) is 4.69. The molecule has 1 fully saturated rings. The number of aromatic nitrogens is 1. The normalized spacial score (nSPS) is 18.1. The van der Waals surface area contributed by atoms with Crippen LogP contribution in [-0.4, -0.2) is 60.3 Å². The van der Waals surface area contributed by atoms with Crippen LogP contribution >= 0.6 is 27.7 Å². The lowest BCUT2D eigenvalue weighted by Gasteiger charge is -2.32. The molecule has 100 valence electrons. The van der Waals surface area contributed by atoms with Gasteiger partial charge in [0.2, 0.25) is 0 Å². The van der Waals surface area contributed by atoms with Crippen LogP contribution in [-0.2, 0) is 0 Å². The number of hydrogen-bond acceptors (Lipinski definition) is 4. The van der Waals surface area contributed by atoms with Gasteiger partial charge >= 0.3 is 0 Å². The van der Waals surface area contributed by atoms with Gasteiger partial charge in [0, 0.05) is 47.9 Å². The van der Waals surface area contributed by atoms with Crippen molar-refractivity contribution in [2.45, 2.75) is 11.3 Å². The van der Waals surface area contributed by atoms with E-state index in [1.807, 2.05) is 24.2 Å². The van der Waals surface area contributed by atoms with E-state index in [0.29, 0.717) is 0 Å². The van der Waals surface area contributed by atoms with Gasteiger partial charge in [-0.05, 0) is 47.8 Å². The molecule has 5 heteroatoms. The van der Waals surface area contributed by atoms with Crippen LogP contribution in [0.1, 0.15) is 6.42 Å². The molecule has 0 spiro atoms. The number of pyridine rings is 1. The van der Waals surface area contributed by atoms with Crippen molar-refractivity contribution in [1.29, 1.82) is 0 Å². The molecule has 0 bridgehead atoms. The van der Waals surface area contributed by atoms with E-state index in [0.717, 1.165) is 4.47 Å². The minimum Gasteiger partial charge on any atom is -0.304 e. The Bertz CT molecular complexity index is 367. The number of nitrogens with zero attached hydrogens (tertiary/aromatic N) is 3. The molecule has 0 saturated carbocycles. The summed E-state index contributed by atoms with van der Waals surface area (Å²) in [5.41, 5.74) is 0. The molecule has 0 amide bonds. The summed E-state index contributed by atoms with van der Waals surface area (Å²) >= 11 is 5.34. The molecule has 1 aromatic heterocycles. The van der Waals surface area contributed by atoms with E-state index in [4.69, 9.17) is 0 Å². The zero-order chi connectivity index (χ0) is 12.8. The molecule has 1 aliphatic heterocycles. The number of piperazine rings is 1. The summed E-state index contributed by atoms with van der Waals surface area (Å²) in [4.78, 5) is 10.4. The van der Waals surface area contributed by atoms with Crippen molar-refractivity contribution in [3.05, 3.63) is 22.9 Å². The summed E-state index contributed by atoms with van der Waals surface area (Å²) in [7, 11) is 2.20. The fraction of sp³-hybridized carbons (Fsp3) is 0.615. The van der Waals surface area contributed by atoms with Crippen molar-refractivity contribution in [2.24, 2.45) is 0 Å². The van der Waals surface area contributed by atoms with Crippen molar-refractivity contribution in [2.75, 3.05) is 45.5 Å². The van der Waals surface area contributed by atoms with E-state index < -0.39 is 0 Å². The second kappa shape index (κ2) is 7.48. The number of thioether (sulfide) groups is 1. The van der Waals surface area contributed by atoms with Crippen molar-refractivity contribution in [3.8, 4) is 0 Å². The first-order chi connectivity index (χ1) is 8.74. The van der Waals surface area contributed by atoms with Gasteiger partial charge in [-0.3, -0.25) is 4.98 Å². The minimum atomic E-state index is 1.06. The smallest absolute Gasteiger partial charge is 0.0411 e. The summed E-state index contributed by atoms with van der Waals surface area (Å²) < 4.78 is 1.06. The van der Waals surface area contributed by atoms with Gasteiger partial charge in [-0.15, -0.1) is 11.8 Å². The number of hydrogen-bond donors (Lipinski definition) is 0. The third kappa shape index (κ3) is 4.88. The summed E-state index contributed by atoms with van der Waals surface area (Å²) in [5, 5.41) is 0. The van der Waals surface area contributed by atoms with Gasteiger partial charge in [0.15, 0.2) is 0 Å². The molecule has 0 radical (unpaired) electrons. The highest BCUT2D eigenvalue weighted by Crippen LogP contribution is 2.21. The molecule has 0 unspecified atom stereocenters. The molecule has 18 heavy (non-hydrogen) atoms. The Morgan fingerprint density at radius 3 is 2.78 bits per heavy atom. The highest BCUT2D eigenvalue weighted by molar-refractivity contribution is 9.10. The van der Waals surface area contributed by atoms with Gasteiger partial charge in [0.25, 0.3) is 0 Å². The number of halogens is 1. The van der Waals surface area contributed by atoms with E-state index in [1.54, 1.807) is 0 Å². The molecule has 0 atom stereocenters. The first kappa shape index (κ1) is 14.3. The third-order valence-corrected chi connectivity index (χ3v) is 4.65. The summed E-state index contributed by atoms with van der Waals surface area (Å²) in [6.45, 7) is 6.09. The predicted octanol–water partition coefficient (Wildman–Crippen LogP) is 2.57. The van der Waals surface area contributed by atoms with E-state index in [-0.39, 0.29) is 0 Å². The fourth-order valence-corrected chi connectivity index (χ4v) is 3.39. The molecule has 1 aliphatic rings. The molecule has 1 aromatic rings. The van der Waals surface area contributed by atoms with Crippen molar-refractivity contribution in [1.82, 2.24) is 14.8 Å². The van der Waals surface area contributed by atoms with Gasteiger partial charge in [-0.25, -0.2) is 0 Å². The van der Waals surface area contributed by atoms with Crippen LogP contribution in [0.2, 0.25) is 0 Å². The fourth-order valence-electron chi connectivity index (χ4n) is 2.02. The van der Waals surface area contributed by atoms with E-state index in [9.17, 15) is 0 Å². The Kier molecular flexibility index (Phi) is 5.95. The quantitative estimate of drug-likeness (QED) is 0.610. The Labute approximate surface area is 122 Å². The predicted molar refractivity (Wildman–Crippen MR) is 81.2 cm³/mol. The highest BCUT2D eigenvalue weighted by Gasteiger charge is 2.12. The van der Waals surface area contributed by atoms with Gasteiger partial charge in [0.05, 0.1) is 0 Å². The Hall–Kier alpha value is -0.100. The van der Waals surface area contributed by atoms with Gasteiger partial charge in [-0.2, -0.15) is 0 Å². The van der Waals surface area contributed by atoms with E-state index in [2.05, 4.69) is 43.8 Å². The maximum Gasteiger partial charge on any atom is 0.0411 e. The van der Waals surface area contributed by atoms with Crippen molar-refractivity contribution in [3.63, 3.8) is 0 Å². The van der Waals surface area contributed by atoms with Gasteiger partial charge < -0.3 is 9.80 Å². The summed E-state index contributed by atoms with van der Waals surface area (Å²) in [6.07, 6.45) is 5.01. The summed E-state index contributed by atoms with van der Waals surface area (Å²) in [5.74, 6) is 1.17. The monoisotopic (exact) mass is 329 g/mol. The maximum absolute atomic E-state index is 4.18. The number of likely N-dealkylation sites (N-methyl/N-ethyl adjacent to an activating group) is 1. The van der Waals surface area contributed by atoms with Crippen LogP contribution in [0.3, 0.4) is 0 Å². The van der Waals surface area contributed by atoms with Crippen molar-refractivity contribution >= 4 is 27.7 Å². The first-order valence-corrected chi connectivity index (χ1v) is 8.16. The Morgan fingerprint density at radius 1 is 1.28 bits per heavy atom. The lowest BCUT2D eigenvalue weighted by molar-refractivity contribution is 0.154. The largest absolute Gasteiger partial charge is 0.304 e. The lowest BCUT2D eigenvalue weighted by Crippen LogP contribution is -2.44. The third-order valence-electron chi connectivity index (χ3n) is 3.16. The topological polar surface area (TPSA) is 19.4 Å². The van der Waals surface area contributed by atoms with Crippen LogP contribution in [0.5, 0.6) is 0 Å². The molecule has 0 aliphatic carbocycles. The van der Waals surface area contributed by atoms with Crippen LogP contribution in [0.25, 0.3) is 0 Å². The number of rotatable bonds is 5. The van der Waals surface area contributed by atoms with Crippen LogP contribution in [0, 0.1) is 0 Å². The maximum atomic E-state index is 4.18. The summed E-state index contributed by atoms with van der Waals surface area (Å²) in [6, 6.07) is 2.13. The minimum absolute atomic E-state index is 1.06. The van der Waals surface area contributed by atoms with Gasteiger partial charge in [-0.1, -0.05) is 0 Å². The Balaban J connectivity index is 1.61. The molecular formula is C13H20BrN3S. The molecule has 2 rings (SSSR count). The van der Waals surface area contributed by atoms with E-state index in [1.165, 1.54) is 49.8 Å². The standard InChI is InChI=1S/C13H20BrN3S/c1-16-4-6-17(7-5-16)3-2-8-18-13-9-12(14)10-15-11-13/h9-11H,2-8H2,1H3. The SMILES string of the molecule is CN1CCN(CCCSc2cncc(Br)c2)CC1. The molecule has 3 nitrogen and oxygen atoms in total. The highest BCUT2D eigenvalue weighted by atomic mass is 79.9. The average molecular weight is 330 g/mol. The molecular weight excluding hydrogens is 310 g/mol. The van der Waals surface area contributed by atoms with E-state index >= 15 is 0 Å². The Morgan fingerprint density at radius 2 is 2.06 bits per heavy atom. The second-order valence-corrected chi connectivity index (χ2v) is 6.77. The van der Waals surface area contributed by atoms with Gasteiger partial charge in [0.1, 0.15) is 0 Å². The lowest BCUT2D eigenvalue weighted by atomic mass is 10.3. The molecule has 0 aromatic carbocycles. The van der Waals surface area contributed by atoms with Crippen LogP contribution < -0.4 is 0 Å². The van der Waals surface area contributed by atoms with Crippen molar-refractivity contribution < 1.29 is 0 Å². The zero-order valence-electron chi connectivity index (χ0n) is 10.8. The van der Waals surface area contributed by atoms with Crippen LogP contribution in [0.4, 0.5) is 0 Å². The van der Waals surface area contributed by atoms with Crippen LogP contribution in [0.15, 0.2) is 27.8 Å². The molecule has 1 saturated heterocycles. The first-order valence-electron chi connectivity index (χ1n) is 6.38.